The molecule has 1 heterocycles. The predicted octanol–water partition coefficient (Wildman–Crippen LogP) is 2.88. The van der Waals surface area contributed by atoms with E-state index >= 15 is 0 Å². The van der Waals surface area contributed by atoms with Gasteiger partial charge in [-0.05, 0) is 36.6 Å². The second-order valence-corrected chi connectivity index (χ2v) is 7.85. The summed E-state index contributed by atoms with van der Waals surface area (Å²) in [5.74, 6) is 0.838. The van der Waals surface area contributed by atoms with Gasteiger partial charge in [0.1, 0.15) is 18.5 Å². The number of hydrogen-bond donors (Lipinski definition) is 1. The second kappa shape index (κ2) is 11.3. The predicted molar refractivity (Wildman–Crippen MR) is 116 cm³/mol. The third-order valence-electron chi connectivity index (χ3n) is 5.49. The Kier molecular flexibility index (Phi) is 8.50. The van der Waals surface area contributed by atoms with Crippen molar-refractivity contribution in [2.75, 3.05) is 52.5 Å². The van der Waals surface area contributed by atoms with Gasteiger partial charge in [0.15, 0.2) is 0 Å². The Morgan fingerprint density at radius 1 is 1.03 bits per heavy atom. The molecular formula is C24H34N2O3. The van der Waals surface area contributed by atoms with E-state index in [1.165, 1.54) is 11.1 Å². The fourth-order valence-electron chi connectivity index (χ4n) is 3.63. The third-order valence-corrected chi connectivity index (χ3v) is 5.49. The van der Waals surface area contributed by atoms with Crippen molar-refractivity contribution in [3.05, 3.63) is 65.2 Å². The Morgan fingerprint density at radius 2 is 1.72 bits per heavy atom. The molecule has 29 heavy (non-hydrogen) atoms. The summed E-state index contributed by atoms with van der Waals surface area (Å²) in [6, 6.07) is 16.4. The average molecular weight is 399 g/mol. The molecule has 5 heteroatoms. The van der Waals surface area contributed by atoms with Crippen LogP contribution in [0.4, 0.5) is 0 Å². The van der Waals surface area contributed by atoms with Crippen LogP contribution < -0.4 is 4.74 Å². The molecule has 0 saturated carbocycles. The molecule has 1 atom stereocenters. The van der Waals surface area contributed by atoms with E-state index in [-0.39, 0.29) is 0 Å². The summed E-state index contributed by atoms with van der Waals surface area (Å²) in [4.78, 5) is 4.77. The first kappa shape index (κ1) is 21.8. The maximum absolute atomic E-state index is 10.7. The van der Waals surface area contributed by atoms with Crippen molar-refractivity contribution < 1.29 is 14.6 Å². The highest BCUT2D eigenvalue weighted by Gasteiger charge is 2.17. The Balaban J connectivity index is 1.57. The van der Waals surface area contributed by atoms with Crippen LogP contribution in [0.25, 0.3) is 0 Å². The Morgan fingerprint density at radius 3 is 2.45 bits per heavy atom. The number of rotatable bonds is 10. The summed E-state index contributed by atoms with van der Waals surface area (Å²) in [5, 5.41) is 10.7. The smallest absolute Gasteiger partial charge is 0.122 e. The lowest BCUT2D eigenvalue weighted by atomic mass is 10.1. The fourth-order valence-corrected chi connectivity index (χ4v) is 3.63. The number of nitrogens with zero attached hydrogens (tertiary/aromatic N) is 2. The zero-order valence-electron chi connectivity index (χ0n) is 17.7. The molecule has 0 amide bonds. The average Bonchev–Trinajstić information content (AvgIpc) is 2.74. The number of hydrogen-bond acceptors (Lipinski definition) is 5. The number of benzene rings is 2. The largest absolute Gasteiger partial charge is 0.491 e. The summed E-state index contributed by atoms with van der Waals surface area (Å²) in [7, 11) is 0. The van der Waals surface area contributed by atoms with Crippen LogP contribution in [-0.4, -0.2) is 73.6 Å². The summed E-state index contributed by atoms with van der Waals surface area (Å²) < 4.78 is 11.3. The first-order valence-electron chi connectivity index (χ1n) is 10.6. The maximum atomic E-state index is 10.7. The first-order chi connectivity index (χ1) is 14.1. The molecule has 1 aliphatic heterocycles. The van der Waals surface area contributed by atoms with Crippen molar-refractivity contribution in [3.63, 3.8) is 0 Å². The molecule has 3 rings (SSSR count). The van der Waals surface area contributed by atoms with E-state index < -0.39 is 6.10 Å². The highest BCUT2D eigenvalue weighted by atomic mass is 16.5. The maximum Gasteiger partial charge on any atom is 0.122 e. The van der Waals surface area contributed by atoms with Gasteiger partial charge in [-0.25, -0.2) is 0 Å². The first-order valence-corrected chi connectivity index (χ1v) is 10.6. The van der Waals surface area contributed by atoms with Crippen molar-refractivity contribution in [1.29, 1.82) is 0 Å². The van der Waals surface area contributed by atoms with Crippen molar-refractivity contribution in [3.8, 4) is 5.75 Å². The van der Waals surface area contributed by atoms with Crippen molar-refractivity contribution in [2.24, 2.45) is 0 Å². The molecule has 0 bridgehead atoms. The minimum absolute atomic E-state index is 0.298. The fraction of sp³-hybridized carbons (Fsp3) is 0.500. The summed E-state index contributed by atoms with van der Waals surface area (Å²) in [6.45, 7) is 11.4. The highest BCUT2D eigenvalue weighted by molar-refractivity contribution is 5.31. The Hall–Kier alpha value is -1.92. The van der Waals surface area contributed by atoms with E-state index in [0.29, 0.717) is 13.2 Å². The summed E-state index contributed by atoms with van der Waals surface area (Å²) in [5.41, 5.74) is 3.68. The highest BCUT2D eigenvalue weighted by Crippen LogP contribution is 2.17. The van der Waals surface area contributed by atoms with Gasteiger partial charge < -0.3 is 14.6 Å². The van der Waals surface area contributed by atoms with Crippen molar-refractivity contribution >= 4 is 0 Å². The molecule has 158 valence electrons. The number of aliphatic hydroxyl groups excluding tert-OH is 1. The van der Waals surface area contributed by atoms with Crippen molar-refractivity contribution in [2.45, 2.75) is 26.5 Å². The van der Waals surface area contributed by atoms with E-state index in [2.05, 4.69) is 41.0 Å². The quantitative estimate of drug-likeness (QED) is 0.667. The van der Waals surface area contributed by atoms with Gasteiger partial charge in [0.05, 0.1) is 13.2 Å². The zero-order valence-corrected chi connectivity index (χ0v) is 17.7. The second-order valence-electron chi connectivity index (χ2n) is 7.85. The van der Waals surface area contributed by atoms with Gasteiger partial charge in [-0.3, -0.25) is 9.80 Å². The lowest BCUT2D eigenvalue weighted by Crippen LogP contribution is -2.43. The van der Waals surface area contributed by atoms with Gasteiger partial charge in [0.25, 0.3) is 0 Å². The van der Waals surface area contributed by atoms with Crippen molar-refractivity contribution in [1.82, 2.24) is 9.80 Å². The Labute approximate surface area is 174 Å². The van der Waals surface area contributed by atoms with Gasteiger partial charge >= 0.3 is 0 Å². The van der Waals surface area contributed by atoms with E-state index in [0.717, 1.165) is 57.3 Å². The molecule has 2 aromatic rings. The molecule has 0 radical (unpaired) electrons. The Bertz CT molecular complexity index is 746. The van der Waals surface area contributed by atoms with Gasteiger partial charge in [0.2, 0.25) is 0 Å². The van der Waals surface area contributed by atoms with Crippen LogP contribution in [0.5, 0.6) is 5.75 Å². The van der Waals surface area contributed by atoms with E-state index in [1.807, 2.05) is 31.2 Å². The minimum atomic E-state index is -0.539. The summed E-state index contributed by atoms with van der Waals surface area (Å²) in [6.07, 6.45) is -0.539. The molecule has 1 saturated heterocycles. The number of aryl methyl sites for hydroxylation is 2. The van der Waals surface area contributed by atoms with E-state index in [1.54, 1.807) is 0 Å². The van der Waals surface area contributed by atoms with Gasteiger partial charge in [-0.15, -0.1) is 0 Å². The molecule has 0 spiro atoms. The lowest BCUT2D eigenvalue weighted by Gasteiger charge is -2.31. The van der Waals surface area contributed by atoms with Crippen LogP contribution in [0, 0.1) is 13.8 Å². The van der Waals surface area contributed by atoms with Gasteiger partial charge in [-0.1, -0.05) is 42.5 Å². The van der Waals surface area contributed by atoms with Crippen LogP contribution in [0.2, 0.25) is 0 Å². The number of aliphatic hydroxyl groups is 1. The van der Waals surface area contributed by atoms with Crippen LogP contribution in [0.15, 0.2) is 48.5 Å². The zero-order chi connectivity index (χ0) is 20.5. The lowest BCUT2D eigenvalue weighted by molar-refractivity contribution is 0.0255. The molecule has 0 aliphatic carbocycles. The number of morpholine rings is 1. The molecule has 1 fully saturated rings. The molecule has 1 N–H and O–H groups in total. The monoisotopic (exact) mass is 398 g/mol. The molecule has 5 nitrogen and oxygen atoms in total. The van der Waals surface area contributed by atoms with Gasteiger partial charge in [-0.2, -0.15) is 0 Å². The standard InChI is InChI=1S/C24H34N2O3/c1-20-7-3-5-9-22(20)17-26(12-11-25-13-15-28-16-14-25)18-23(27)19-29-24-10-6-4-8-21(24)2/h3-10,23,27H,11-19H2,1-2H3. The van der Waals surface area contributed by atoms with Gasteiger partial charge in [0, 0.05) is 39.3 Å². The molecule has 2 aromatic carbocycles. The van der Waals surface area contributed by atoms with Crippen LogP contribution >= 0.6 is 0 Å². The van der Waals surface area contributed by atoms with E-state index in [4.69, 9.17) is 9.47 Å². The molecule has 0 aromatic heterocycles. The van der Waals surface area contributed by atoms with Crippen LogP contribution in [0.1, 0.15) is 16.7 Å². The molecule has 1 unspecified atom stereocenters. The van der Waals surface area contributed by atoms with Crippen LogP contribution in [0.3, 0.4) is 0 Å². The number of ether oxygens (including phenoxy) is 2. The molecule has 1 aliphatic rings. The van der Waals surface area contributed by atoms with Crippen LogP contribution in [-0.2, 0) is 11.3 Å². The third kappa shape index (κ3) is 7.12. The number of para-hydroxylation sites is 1. The topological polar surface area (TPSA) is 45.2 Å². The van der Waals surface area contributed by atoms with E-state index in [9.17, 15) is 5.11 Å². The summed E-state index contributed by atoms with van der Waals surface area (Å²) >= 11 is 0. The SMILES string of the molecule is Cc1ccccc1CN(CCN1CCOCC1)CC(O)COc1ccccc1C. The normalized spacial score (nSPS) is 16.1. The molecular weight excluding hydrogens is 364 g/mol. The minimum Gasteiger partial charge on any atom is -0.491 e.